The fraction of sp³-hybridized carbons (Fsp3) is 0.111. The lowest BCUT2D eigenvalue weighted by Gasteiger charge is -2.03. The Balaban J connectivity index is 1.76. The lowest BCUT2D eigenvalue weighted by atomic mass is 10.2. The van der Waals surface area contributed by atoms with Crippen LogP contribution >= 0.6 is 0 Å². The highest BCUT2D eigenvalue weighted by Gasteiger charge is 2.03. The van der Waals surface area contributed by atoms with Crippen LogP contribution in [0.5, 0.6) is 5.75 Å². The molecule has 0 fully saturated rings. The maximum atomic E-state index is 11.7. The van der Waals surface area contributed by atoms with Crippen LogP contribution < -0.4 is 15.5 Å². The summed E-state index contributed by atoms with van der Waals surface area (Å²) >= 11 is 0. The summed E-state index contributed by atoms with van der Waals surface area (Å²) in [4.78, 5) is 27.4. The first-order valence-corrected chi connectivity index (χ1v) is 7.51. The van der Waals surface area contributed by atoms with Crippen LogP contribution in [0.15, 0.2) is 59.8 Å². The number of methoxy groups -OCH3 is 1. The molecular weight excluding hydrogens is 320 g/mol. The van der Waals surface area contributed by atoms with E-state index < -0.39 is 11.8 Å². The molecule has 2 amide bonds. The summed E-state index contributed by atoms with van der Waals surface area (Å²) in [5.74, 6) is -0.172. The standard InChI is InChI=1S/C18H18N4O3/c1-25-16-8-3-2-6-14(16)9-10-17(23)20-13-18(24)22-21-12-15-7-4-5-11-19-15/h2-12H,13H2,1H3,(H,20,23)(H,22,24). The summed E-state index contributed by atoms with van der Waals surface area (Å²) in [7, 11) is 1.56. The molecule has 1 aromatic heterocycles. The summed E-state index contributed by atoms with van der Waals surface area (Å²) in [5, 5.41) is 6.23. The van der Waals surface area contributed by atoms with Gasteiger partial charge in [-0.25, -0.2) is 5.43 Å². The molecule has 2 N–H and O–H groups in total. The summed E-state index contributed by atoms with van der Waals surface area (Å²) < 4.78 is 5.19. The number of aromatic nitrogens is 1. The Bertz CT molecular complexity index is 773. The molecule has 0 saturated heterocycles. The van der Waals surface area contributed by atoms with E-state index in [0.29, 0.717) is 11.4 Å². The molecule has 0 aliphatic rings. The first-order valence-electron chi connectivity index (χ1n) is 7.51. The van der Waals surface area contributed by atoms with Crippen LogP contribution in [0.4, 0.5) is 0 Å². The van der Waals surface area contributed by atoms with Crippen molar-refractivity contribution in [2.75, 3.05) is 13.7 Å². The summed E-state index contributed by atoms with van der Waals surface area (Å²) in [6, 6.07) is 12.6. The van der Waals surface area contributed by atoms with E-state index >= 15 is 0 Å². The minimum atomic E-state index is -0.439. The molecule has 0 saturated carbocycles. The fourth-order valence-electron chi connectivity index (χ4n) is 1.86. The fourth-order valence-corrected chi connectivity index (χ4v) is 1.86. The number of pyridine rings is 1. The Morgan fingerprint density at radius 1 is 1.20 bits per heavy atom. The number of rotatable bonds is 7. The van der Waals surface area contributed by atoms with Gasteiger partial charge in [-0.05, 0) is 24.3 Å². The molecule has 2 aromatic rings. The molecule has 0 aliphatic heterocycles. The number of ether oxygens (including phenoxy) is 1. The number of hydrogen-bond acceptors (Lipinski definition) is 5. The van der Waals surface area contributed by atoms with E-state index in [1.165, 1.54) is 12.3 Å². The second kappa shape index (κ2) is 9.61. The molecule has 1 heterocycles. The van der Waals surface area contributed by atoms with Crippen molar-refractivity contribution < 1.29 is 14.3 Å². The molecule has 7 nitrogen and oxygen atoms in total. The number of para-hydroxylation sites is 1. The first-order chi connectivity index (χ1) is 12.2. The SMILES string of the molecule is COc1ccccc1C=CC(=O)NCC(=O)NN=Cc1ccccn1. The van der Waals surface area contributed by atoms with Gasteiger partial charge in [0.05, 0.1) is 25.6 Å². The number of carbonyl (C=O) groups is 2. The van der Waals surface area contributed by atoms with Gasteiger partial charge in [-0.15, -0.1) is 0 Å². The van der Waals surface area contributed by atoms with E-state index in [9.17, 15) is 9.59 Å². The Morgan fingerprint density at radius 3 is 2.76 bits per heavy atom. The van der Waals surface area contributed by atoms with Crippen molar-refractivity contribution in [2.45, 2.75) is 0 Å². The van der Waals surface area contributed by atoms with Crippen molar-refractivity contribution in [1.29, 1.82) is 0 Å². The molecule has 0 aliphatic carbocycles. The molecule has 7 heteroatoms. The van der Waals surface area contributed by atoms with Crippen LogP contribution in [0.25, 0.3) is 6.08 Å². The Morgan fingerprint density at radius 2 is 2.00 bits per heavy atom. The smallest absolute Gasteiger partial charge is 0.259 e. The highest BCUT2D eigenvalue weighted by molar-refractivity contribution is 5.94. The van der Waals surface area contributed by atoms with Gasteiger partial charge >= 0.3 is 0 Å². The van der Waals surface area contributed by atoms with Crippen LogP contribution in [-0.4, -0.2) is 36.7 Å². The molecule has 0 radical (unpaired) electrons. The first kappa shape index (κ1) is 17.9. The van der Waals surface area contributed by atoms with Gasteiger partial charge in [0.2, 0.25) is 5.91 Å². The van der Waals surface area contributed by atoms with Gasteiger partial charge in [-0.1, -0.05) is 24.3 Å². The van der Waals surface area contributed by atoms with Crippen molar-refractivity contribution in [3.8, 4) is 5.75 Å². The molecule has 128 valence electrons. The van der Waals surface area contributed by atoms with E-state index in [2.05, 4.69) is 20.8 Å². The minimum Gasteiger partial charge on any atom is -0.496 e. The van der Waals surface area contributed by atoms with Crippen molar-refractivity contribution in [3.63, 3.8) is 0 Å². The zero-order chi connectivity index (χ0) is 17.9. The summed E-state index contributed by atoms with van der Waals surface area (Å²) in [5.41, 5.74) is 3.70. The lowest BCUT2D eigenvalue weighted by Crippen LogP contribution is -2.34. The van der Waals surface area contributed by atoms with Crippen molar-refractivity contribution in [2.24, 2.45) is 5.10 Å². The third-order valence-corrected chi connectivity index (χ3v) is 3.05. The van der Waals surface area contributed by atoms with Gasteiger partial charge in [0.25, 0.3) is 5.91 Å². The average Bonchev–Trinajstić information content (AvgIpc) is 2.65. The van der Waals surface area contributed by atoms with Gasteiger partial charge < -0.3 is 10.1 Å². The maximum Gasteiger partial charge on any atom is 0.259 e. The van der Waals surface area contributed by atoms with Gasteiger partial charge in [0, 0.05) is 17.8 Å². The highest BCUT2D eigenvalue weighted by atomic mass is 16.5. The Labute approximate surface area is 145 Å². The second-order valence-corrected chi connectivity index (χ2v) is 4.84. The largest absolute Gasteiger partial charge is 0.496 e. The average molecular weight is 338 g/mol. The number of carbonyl (C=O) groups excluding carboxylic acids is 2. The second-order valence-electron chi connectivity index (χ2n) is 4.84. The van der Waals surface area contributed by atoms with Gasteiger partial charge in [0.15, 0.2) is 0 Å². The molecule has 25 heavy (non-hydrogen) atoms. The number of nitrogens with one attached hydrogen (secondary N) is 2. The van der Waals surface area contributed by atoms with E-state index in [1.54, 1.807) is 37.6 Å². The number of nitrogens with zero attached hydrogens (tertiary/aromatic N) is 2. The summed E-state index contributed by atoms with van der Waals surface area (Å²) in [6.45, 7) is -0.186. The molecule has 0 spiro atoms. The minimum absolute atomic E-state index is 0.186. The quantitative estimate of drug-likeness (QED) is 0.453. The van der Waals surface area contributed by atoms with Gasteiger partial charge in [-0.3, -0.25) is 14.6 Å². The highest BCUT2D eigenvalue weighted by Crippen LogP contribution is 2.18. The topological polar surface area (TPSA) is 92.7 Å². The van der Waals surface area contributed by atoms with E-state index in [1.807, 2.05) is 24.3 Å². The monoisotopic (exact) mass is 338 g/mol. The predicted molar refractivity (Wildman–Crippen MR) is 95.0 cm³/mol. The summed E-state index contributed by atoms with van der Waals surface area (Å²) in [6.07, 6.45) is 5.99. The third kappa shape index (κ3) is 6.26. The number of hydrazone groups is 1. The van der Waals surface area contributed by atoms with Crippen LogP contribution in [0.1, 0.15) is 11.3 Å². The third-order valence-electron chi connectivity index (χ3n) is 3.05. The van der Waals surface area contributed by atoms with Crippen LogP contribution in [-0.2, 0) is 9.59 Å². The predicted octanol–water partition coefficient (Wildman–Crippen LogP) is 1.37. The zero-order valence-electron chi connectivity index (χ0n) is 13.7. The number of amides is 2. The Hall–Kier alpha value is -3.48. The van der Waals surface area contributed by atoms with E-state index in [0.717, 1.165) is 5.56 Å². The Kier molecular flexibility index (Phi) is 6.87. The normalized spacial score (nSPS) is 10.8. The van der Waals surface area contributed by atoms with Crippen LogP contribution in [0.2, 0.25) is 0 Å². The molecular formula is C18H18N4O3. The lowest BCUT2D eigenvalue weighted by molar-refractivity contribution is -0.123. The number of hydrogen-bond donors (Lipinski definition) is 2. The zero-order valence-corrected chi connectivity index (χ0v) is 13.7. The maximum absolute atomic E-state index is 11.7. The van der Waals surface area contributed by atoms with Gasteiger partial charge in [-0.2, -0.15) is 5.10 Å². The molecule has 0 unspecified atom stereocenters. The number of benzene rings is 1. The van der Waals surface area contributed by atoms with Crippen molar-refractivity contribution in [1.82, 2.24) is 15.7 Å². The van der Waals surface area contributed by atoms with Crippen LogP contribution in [0.3, 0.4) is 0 Å². The van der Waals surface area contributed by atoms with Crippen LogP contribution in [0, 0.1) is 0 Å². The molecule has 0 atom stereocenters. The van der Waals surface area contributed by atoms with Crippen molar-refractivity contribution in [3.05, 3.63) is 66.0 Å². The van der Waals surface area contributed by atoms with Crippen molar-refractivity contribution >= 4 is 24.1 Å². The molecule has 2 rings (SSSR count). The van der Waals surface area contributed by atoms with E-state index in [-0.39, 0.29) is 6.54 Å². The van der Waals surface area contributed by atoms with E-state index in [4.69, 9.17) is 4.74 Å². The molecule has 1 aromatic carbocycles. The van der Waals surface area contributed by atoms with Gasteiger partial charge in [0.1, 0.15) is 5.75 Å². The molecule has 0 bridgehead atoms.